The zero-order valence-electron chi connectivity index (χ0n) is 19.4. The molecule has 1 N–H and O–H groups in total. The number of hydrogen-bond acceptors (Lipinski definition) is 2. The summed E-state index contributed by atoms with van der Waals surface area (Å²) in [6.45, 7) is 6.25. The first-order valence-electron chi connectivity index (χ1n) is 11.3. The highest BCUT2D eigenvalue weighted by Crippen LogP contribution is 2.19. The number of nitrogens with zero attached hydrogens (tertiary/aromatic N) is 1. The lowest BCUT2D eigenvalue weighted by Crippen LogP contribution is -2.52. The molecule has 1 atom stereocenters. The van der Waals surface area contributed by atoms with Crippen molar-refractivity contribution < 1.29 is 9.59 Å². The summed E-state index contributed by atoms with van der Waals surface area (Å²) in [5, 5.41) is 3.65. The third-order valence-corrected chi connectivity index (χ3v) is 5.82. The van der Waals surface area contributed by atoms with E-state index in [4.69, 9.17) is 11.6 Å². The van der Waals surface area contributed by atoms with Gasteiger partial charge in [0.2, 0.25) is 11.8 Å². The number of hydrogen-bond donors (Lipinski definition) is 1. The van der Waals surface area contributed by atoms with E-state index in [2.05, 4.69) is 5.32 Å². The first kappa shape index (κ1) is 24.5. The van der Waals surface area contributed by atoms with Crippen LogP contribution >= 0.6 is 11.6 Å². The van der Waals surface area contributed by atoms with E-state index in [-0.39, 0.29) is 24.3 Å². The molecule has 0 aliphatic carbocycles. The maximum absolute atomic E-state index is 13.6. The van der Waals surface area contributed by atoms with E-state index in [1.807, 2.05) is 87.5 Å². The van der Waals surface area contributed by atoms with Gasteiger partial charge in [-0.15, -0.1) is 0 Å². The predicted molar refractivity (Wildman–Crippen MR) is 134 cm³/mol. The second-order valence-electron chi connectivity index (χ2n) is 8.62. The second kappa shape index (κ2) is 11.7. The normalized spacial score (nSPS) is 11.8. The third kappa shape index (κ3) is 7.19. The first-order valence-corrected chi connectivity index (χ1v) is 11.6. The van der Waals surface area contributed by atoms with Crippen LogP contribution in [0.3, 0.4) is 0 Å². The van der Waals surface area contributed by atoms with Crippen LogP contribution in [0.5, 0.6) is 0 Å². The number of aryl methyl sites for hydroxylation is 1. The number of benzene rings is 3. The van der Waals surface area contributed by atoms with Gasteiger partial charge in [0.15, 0.2) is 0 Å². The molecule has 172 valence electrons. The lowest BCUT2D eigenvalue weighted by atomic mass is 10.00. The van der Waals surface area contributed by atoms with Gasteiger partial charge in [-0.3, -0.25) is 9.59 Å². The summed E-state index contributed by atoms with van der Waals surface area (Å²) >= 11 is 6.02. The molecule has 0 heterocycles. The van der Waals surface area contributed by atoms with Gasteiger partial charge in [0.05, 0.1) is 6.42 Å². The highest BCUT2D eigenvalue weighted by Gasteiger charge is 2.31. The summed E-state index contributed by atoms with van der Waals surface area (Å²) in [6.07, 6.45) is 0.640. The zero-order chi connectivity index (χ0) is 23.8. The number of carbonyl (C=O) groups excluding carboxylic acids is 2. The highest BCUT2D eigenvalue weighted by molar-refractivity contribution is 6.30. The summed E-state index contributed by atoms with van der Waals surface area (Å²) < 4.78 is 0. The quantitative estimate of drug-likeness (QED) is 0.465. The molecular weight excluding hydrogens is 432 g/mol. The van der Waals surface area contributed by atoms with Crippen molar-refractivity contribution in [3.8, 4) is 0 Å². The Morgan fingerprint density at radius 2 is 1.52 bits per heavy atom. The first-order chi connectivity index (χ1) is 15.8. The Morgan fingerprint density at radius 3 is 2.15 bits per heavy atom. The van der Waals surface area contributed by atoms with Crippen molar-refractivity contribution in [2.75, 3.05) is 0 Å². The molecule has 0 radical (unpaired) electrons. The zero-order valence-corrected chi connectivity index (χ0v) is 20.2. The van der Waals surface area contributed by atoms with E-state index in [0.717, 1.165) is 22.3 Å². The fourth-order valence-corrected chi connectivity index (χ4v) is 3.91. The smallest absolute Gasteiger partial charge is 0.243 e. The summed E-state index contributed by atoms with van der Waals surface area (Å²) in [5.74, 6) is -0.243. The summed E-state index contributed by atoms with van der Waals surface area (Å²) in [5.41, 5.74) is 3.99. The van der Waals surface area contributed by atoms with Gasteiger partial charge in [0.25, 0.3) is 0 Å². The van der Waals surface area contributed by atoms with Gasteiger partial charge in [-0.25, -0.2) is 0 Å². The number of amides is 2. The minimum Gasteiger partial charge on any atom is -0.352 e. The largest absolute Gasteiger partial charge is 0.352 e. The van der Waals surface area contributed by atoms with Gasteiger partial charge in [0, 0.05) is 24.0 Å². The summed E-state index contributed by atoms with van der Waals surface area (Å²) in [4.78, 5) is 28.7. The summed E-state index contributed by atoms with van der Waals surface area (Å²) in [6, 6.07) is 24.4. The predicted octanol–water partition coefficient (Wildman–Crippen LogP) is 5.36. The molecule has 0 spiro atoms. The standard InChI is InChI=1S/C28H31ClN2O2/c1-20(2)30-28(33)26(17-22-10-5-4-6-11-22)31(19-24-12-8-7-9-21(24)3)27(32)18-23-13-15-25(29)16-14-23/h4-16,20,26H,17-19H2,1-3H3,(H,30,33)/t26-/m0/s1. The fraction of sp³-hybridized carbons (Fsp3) is 0.286. The van der Waals surface area contributed by atoms with Crippen molar-refractivity contribution in [2.45, 2.75) is 52.2 Å². The van der Waals surface area contributed by atoms with Crippen molar-refractivity contribution in [1.82, 2.24) is 10.2 Å². The van der Waals surface area contributed by atoms with Crippen LogP contribution in [-0.2, 0) is 29.0 Å². The van der Waals surface area contributed by atoms with Crippen LogP contribution < -0.4 is 5.32 Å². The van der Waals surface area contributed by atoms with E-state index >= 15 is 0 Å². The van der Waals surface area contributed by atoms with E-state index in [1.165, 1.54) is 0 Å². The molecule has 0 unspecified atom stereocenters. The SMILES string of the molecule is Cc1ccccc1CN(C(=O)Cc1ccc(Cl)cc1)[C@@H](Cc1ccccc1)C(=O)NC(C)C. The van der Waals surface area contributed by atoms with Gasteiger partial charge in [0.1, 0.15) is 6.04 Å². The molecule has 0 aliphatic rings. The average molecular weight is 463 g/mol. The van der Waals surface area contributed by atoms with Crippen molar-refractivity contribution >= 4 is 23.4 Å². The Hall–Kier alpha value is -3.11. The van der Waals surface area contributed by atoms with Gasteiger partial charge >= 0.3 is 0 Å². The fourth-order valence-electron chi connectivity index (χ4n) is 3.78. The minimum atomic E-state index is -0.630. The lowest BCUT2D eigenvalue weighted by Gasteiger charge is -2.32. The Balaban J connectivity index is 1.97. The number of nitrogens with one attached hydrogen (secondary N) is 1. The minimum absolute atomic E-state index is 0.0255. The third-order valence-electron chi connectivity index (χ3n) is 5.57. The van der Waals surface area contributed by atoms with Gasteiger partial charge in [-0.05, 0) is 55.2 Å². The topological polar surface area (TPSA) is 49.4 Å². The molecule has 3 rings (SSSR count). The van der Waals surface area contributed by atoms with Gasteiger partial charge < -0.3 is 10.2 Å². The average Bonchev–Trinajstić information content (AvgIpc) is 2.79. The number of rotatable bonds is 9. The van der Waals surface area contributed by atoms with E-state index < -0.39 is 6.04 Å². The van der Waals surface area contributed by atoms with Crippen molar-refractivity contribution in [3.63, 3.8) is 0 Å². The molecular formula is C28H31ClN2O2. The Kier molecular flexibility index (Phi) is 8.67. The van der Waals surface area contributed by atoms with Crippen molar-refractivity contribution in [3.05, 3.63) is 106 Å². The Morgan fingerprint density at radius 1 is 0.879 bits per heavy atom. The molecule has 3 aromatic rings. The van der Waals surface area contributed by atoms with Gasteiger partial charge in [-0.2, -0.15) is 0 Å². The monoisotopic (exact) mass is 462 g/mol. The maximum atomic E-state index is 13.6. The molecule has 0 fully saturated rings. The number of halogens is 1. The molecule has 33 heavy (non-hydrogen) atoms. The molecule has 0 bridgehead atoms. The highest BCUT2D eigenvalue weighted by atomic mass is 35.5. The molecule has 0 saturated carbocycles. The lowest BCUT2D eigenvalue weighted by molar-refractivity contribution is -0.141. The summed E-state index contributed by atoms with van der Waals surface area (Å²) in [7, 11) is 0. The van der Waals surface area contributed by atoms with Crippen molar-refractivity contribution in [2.24, 2.45) is 0 Å². The van der Waals surface area contributed by atoms with Gasteiger partial charge in [-0.1, -0.05) is 78.3 Å². The molecule has 2 amide bonds. The van der Waals surface area contributed by atoms with Crippen LogP contribution in [0.4, 0.5) is 0 Å². The second-order valence-corrected chi connectivity index (χ2v) is 9.06. The molecule has 4 nitrogen and oxygen atoms in total. The molecule has 0 aliphatic heterocycles. The maximum Gasteiger partial charge on any atom is 0.243 e. The van der Waals surface area contributed by atoms with Crippen LogP contribution in [0.1, 0.15) is 36.1 Å². The van der Waals surface area contributed by atoms with Crippen LogP contribution in [0.15, 0.2) is 78.9 Å². The van der Waals surface area contributed by atoms with E-state index in [9.17, 15) is 9.59 Å². The van der Waals surface area contributed by atoms with Crippen LogP contribution in [-0.4, -0.2) is 28.8 Å². The van der Waals surface area contributed by atoms with Crippen molar-refractivity contribution in [1.29, 1.82) is 0 Å². The molecule has 0 saturated heterocycles. The molecule has 5 heteroatoms. The Labute approximate surface area is 201 Å². The van der Waals surface area contributed by atoms with Crippen LogP contribution in [0.2, 0.25) is 5.02 Å². The van der Waals surface area contributed by atoms with E-state index in [1.54, 1.807) is 17.0 Å². The Bertz CT molecular complexity index is 1060. The van der Waals surface area contributed by atoms with Crippen LogP contribution in [0, 0.1) is 6.92 Å². The molecule has 0 aromatic heterocycles. The van der Waals surface area contributed by atoms with E-state index in [0.29, 0.717) is 18.0 Å². The van der Waals surface area contributed by atoms with Crippen LogP contribution in [0.25, 0.3) is 0 Å². The molecule has 3 aromatic carbocycles. The number of carbonyl (C=O) groups is 2.